The molecule has 4 aliphatic rings. The normalized spacial score (nSPS) is 25.6. The molecule has 72 heavy (non-hydrogen) atoms. The molecule has 3 fully saturated rings. The Bertz CT molecular complexity index is 1660. The van der Waals surface area contributed by atoms with Gasteiger partial charge in [0.1, 0.15) is 0 Å². The van der Waals surface area contributed by atoms with Crippen molar-refractivity contribution in [3.05, 3.63) is 70.8 Å². The topological polar surface area (TPSA) is 0 Å². The second kappa shape index (κ2) is 31.0. The minimum atomic E-state index is 0.410. The van der Waals surface area contributed by atoms with Gasteiger partial charge in [0.2, 0.25) is 0 Å². The van der Waals surface area contributed by atoms with Crippen LogP contribution in [0.3, 0.4) is 0 Å². The Hall–Kier alpha value is -1.56. The standard InChI is InChI=1S/C19H32.C14H26.C14H30.C13H20.C7H14.C5H12/c1-12(2)15-10-17-13(3)8-16(19(5,6)7)9-14(4)18(17)11-15;1-9-11-7-10(14(9,5)6)8-12(11)13(2,3)4;1-8-14(7,13(4,5)6)11-9-10-12(2)3;1-13(2,3)11-7-10-12-8-5-4-6-9-12;1-3-5-7-6-4-2;1-5(2,3)4/h8,14,16-18H,9-11H2,1-7H3;9-12H,7-8H2,1-6H3;12H,8-11H2,1-7H3;4-6,8-9H,7,10-11H2,1-3H3;5,7H,3-4,6H2,1-2H3;1-4H3/t;9?,10-,11-,12?;;;;/m.0..../s1. The van der Waals surface area contributed by atoms with Crippen LogP contribution in [-0.4, -0.2) is 0 Å². The number of rotatable bonds is 11. The number of unbranched alkanes of at least 4 members (excludes halogenated alkanes) is 1. The zero-order valence-corrected chi connectivity index (χ0v) is 54.9. The molecule has 1 aromatic rings. The molecular weight excluding hydrogens is 865 g/mol. The second-order valence-corrected chi connectivity index (χ2v) is 31.8. The summed E-state index contributed by atoms with van der Waals surface area (Å²) in [6.07, 6.45) is 27.1. The molecule has 0 aromatic heterocycles. The number of aryl methyl sites for hydroxylation is 1. The van der Waals surface area contributed by atoms with Gasteiger partial charge in [0.05, 0.1) is 0 Å². The molecule has 422 valence electrons. The van der Waals surface area contributed by atoms with Crippen LogP contribution in [0.25, 0.3) is 0 Å². The molecule has 7 unspecified atom stereocenters. The summed E-state index contributed by atoms with van der Waals surface area (Å²) in [5.74, 6) is 8.13. The lowest BCUT2D eigenvalue weighted by atomic mass is 9.61. The molecule has 2 bridgehead atoms. The molecule has 9 atom stereocenters. The van der Waals surface area contributed by atoms with Crippen molar-refractivity contribution >= 4 is 0 Å². The van der Waals surface area contributed by atoms with E-state index in [2.05, 4.69) is 249 Å². The van der Waals surface area contributed by atoms with E-state index in [0.29, 0.717) is 37.9 Å². The predicted molar refractivity (Wildman–Crippen MR) is 332 cm³/mol. The average Bonchev–Trinajstić information content (AvgIpc) is 3.93. The third-order valence-corrected chi connectivity index (χ3v) is 18.5. The van der Waals surface area contributed by atoms with Crippen LogP contribution in [0.15, 0.2) is 65.3 Å². The highest BCUT2D eigenvalue weighted by Gasteiger charge is 2.57. The molecule has 0 saturated heterocycles. The summed E-state index contributed by atoms with van der Waals surface area (Å²) in [5.41, 5.74) is 9.95. The molecule has 5 rings (SSSR count). The van der Waals surface area contributed by atoms with Crippen LogP contribution in [0.5, 0.6) is 0 Å². The minimum absolute atomic E-state index is 0.410. The lowest BCUT2D eigenvalue weighted by molar-refractivity contribution is 0.0442. The van der Waals surface area contributed by atoms with Crippen molar-refractivity contribution in [3.8, 4) is 0 Å². The van der Waals surface area contributed by atoms with Crippen LogP contribution in [-0.2, 0) is 6.42 Å². The Morgan fingerprint density at radius 2 is 1.25 bits per heavy atom. The van der Waals surface area contributed by atoms with Gasteiger partial charge in [-0.25, -0.2) is 0 Å². The van der Waals surface area contributed by atoms with Gasteiger partial charge in [0.25, 0.3) is 0 Å². The van der Waals surface area contributed by atoms with Gasteiger partial charge in [-0.2, -0.15) is 0 Å². The van der Waals surface area contributed by atoms with Gasteiger partial charge < -0.3 is 0 Å². The van der Waals surface area contributed by atoms with E-state index in [0.717, 1.165) is 53.3 Å². The Morgan fingerprint density at radius 1 is 0.694 bits per heavy atom. The second-order valence-electron chi connectivity index (χ2n) is 31.8. The zero-order valence-electron chi connectivity index (χ0n) is 54.9. The van der Waals surface area contributed by atoms with E-state index in [1.807, 2.05) is 0 Å². The summed E-state index contributed by atoms with van der Waals surface area (Å²) in [7, 11) is 0. The van der Waals surface area contributed by atoms with Gasteiger partial charge in [0.15, 0.2) is 0 Å². The maximum atomic E-state index is 2.62. The summed E-state index contributed by atoms with van der Waals surface area (Å²) in [6, 6.07) is 10.7. The number of benzene rings is 1. The van der Waals surface area contributed by atoms with Crippen LogP contribution >= 0.6 is 0 Å². The van der Waals surface area contributed by atoms with Gasteiger partial charge in [-0.1, -0.05) is 271 Å². The molecular formula is C72H134. The first-order chi connectivity index (χ1) is 32.7. The summed E-state index contributed by atoms with van der Waals surface area (Å²) < 4.78 is 0. The Balaban J connectivity index is 0.000000875. The van der Waals surface area contributed by atoms with Crippen LogP contribution < -0.4 is 0 Å². The molecule has 0 radical (unpaired) electrons. The number of allylic oxidation sites excluding steroid dienone is 6. The van der Waals surface area contributed by atoms with Crippen LogP contribution in [0.4, 0.5) is 0 Å². The summed E-state index contributed by atoms with van der Waals surface area (Å²) in [4.78, 5) is 0. The molecule has 0 amide bonds. The van der Waals surface area contributed by atoms with E-state index in [4.69, 9.17) is 0 Å². The van der Waals surface area contributed by atoms with Gasteiger partial charge in [-0.3, -0.25) is 0 Å². The number of hydrogen-bond acceptors (Lipinski definition) is 0. The SMILES string of the molecule is CC(C)(C)C.CC(C)(C)CCCc1ccccc1.CC1=CC(C(C)(C)C)CC(C)C2CC(=C(C)C)CC12.CC1[C@@H]2C[C@@H](CC2C(C)(C)C)C1(C)C.CCC(C)(CCCC(C)C)C(C)(C)C.CCC=CCCC. The largest absolute Gasteiger partial charge is 0.0888 e. The quantitative estimate of drug-likeness (QED) is 0.194. The minimum Gasteiger partial charge on any atom is -0.0888 e. The fraction of sp³-hybridized carbons (Fsp3) is 0.833. The molecule has 0 nitrogen and oxygen atoms in total. The maximum absolute atomic E-state index is 2.62. The van der Waals surface area contributed by atoms with Crippen molar-refractivity contribution in [2.75, 3.05) is 0 Å². The van der Waals surface area contributed by atoms with Crippen LogP contribution in [0, 0.1) is 91.2 Å². The highest BCUT2D eigenvalue weighted by molar-refractivity contribution is 5.25. The molecule has 1 aromatic carbocycles. The Labute approximate surface area is 456 Å². The number of hydrogen-bond donors (Lipinski definition) is 0. The smallest absolute Gasteiger partial charge is 0.0135 e. The molecule has 4 aliphatic carbocycles. The van der Waals surface area contributed by atoms with Gasteiger partial charge in [0, 0.05) is 0 Å². The third kappa shape index (κ3) is 26.5. The Morgan fingerprint density at radius 3 is 1.65 bits per heavy atom. The highest BCUT2D eigenvalue weighted by atomic mass is 14.6. The molecule has 0 spiro atoms. The van der Waals surface area contributed by atoms with Crippen molar-refractivity contribution in [2.24, 2.45) is 91.2 Å². The van der Waals surface area contributed by atoms with Crippen molar-refractivity contribution in [1.82, 2.24) is 0 Å². The Kier molecular flexibility index (Phi) is 30.3. The van der Waals surface area contributed by atoms with Crippen molar-refractivity contribution in [3.63, 3.8) is 0 Å². The first-order valence-corrected chi connectivity index (χ1v) is 30.7. The monoisotopic (exact) mass is 999 g/mol. The third-order valence-electron chi connectivity index (χ3n) is 18.5. The lowest BCUT2D eigenvalue weighted by Crippen LogP contribution is -2.37. The van der Waals surface area contributed by atoms with Crippen LogP contribution in [0.1, 0.15) is 296 Å². The van der Waals surface area contributed by atoms with E-state index in [1.54, 1.807) is 16.7 Å². The van der Waals surface area contributed by atoms with Crippen molar-refractivity contribution < 1.29 is 0 Å². The molecule has 0 aliphatic heterocycles. The molecule has 3 saturated carbocycles. The van der Waals surface area contributed by atoms with E-state index < -0.39 is 0 Å². The van der Waals surface area contributed by atoms with E-state index in [9.17, 15) is 0 Å². The first kappa shape index (κ1) is 70.4. The fourth-order valence-electron chi connectivity index (χ4n) is 12.2. The molecule has 0 heterocycles. The predicted octanol–water partition coefficient (Wildman–Crippen LogP) is 24.5. The van der Waals surface area contributed by atoms with Gasteiger partial charge in [-0.05, 0) is 188 Å². The first-order valence-electron chi connectivity index (χ1n) is 30.7. The molecule has 0 heteroatoms. The van der Waals surface area contributed by atoms with Gasteiger partial charge in [-0.15, -0.1) is 0 Å². The molecule has 0 N–H and O–H groups in total. The summed E-state index contributed by atoms with van der Waals surface area (Å²) in [5, 5.41) is 0. The van der Waals surface area contributed by atoms with E-state index in [-0.39, 0.29) is 0 Å². The summed E-state index contributed by atoms with van der Waals surface area (Å²) >= 11 is 0. The van der Waals surface area contributed by atoms with Gasteiger partial charge >= 0.3 is 0 Å². The van der Waals surface area contributed by atoms with Crippen molar-refractivity contribution in [1.29, 1.82) is 0 Å². The van der Waals surface area contributed by atoms with E-state index >= 15 is 0 Å². The van der Waals surface area contributed by atoms with Crippen molar-refractivity contribution in [2.45, 2.75) is 297 Å². The van der Waals surface area contributed by atoms with E-state index in [1.165, 1.54) is 102 Å². The zero-order chi connectivity index (χ0) is 56.3. The summed E-state index contributed by atoms with van der Waals surface area (Å²) in [6.45, 7) is 68.0. The maximum Gasteiger partial charge on any atom is -0.0135 e. The average molecular weight is 1000 g/mol. The lowest BCUT2D eigenvalue weighted by Gasteiger charge is -2.44. The number of fused-ring (bicyclic) bond motifs is 3. The fourth-order valence-corrected chi connectivity index (χ4v) is 12.2. The van der Waals surface area contributed by atoms with Crippen LogP contribution in [0.2, 0.25) is 0 Å². The highest BCUT2D eigenvalue weighted by Crippen LogP contribution is 2.64.